The number of carbonyl (C=O) groups is 1. The summed E-state index contributed by atoms with van der Waals surface area (Å²) in [5.74, 6) is -0.304. The fourth-order valence-corrected chi connectivity index (χ4v) is 3.75. The minimum atomic E-state index is -4.73. The molecule has 0 aliphatic carbocycles. The van der Waals surface area contributed by atoms with E-state index in [0.29, 0.717) is 27.5 Å². The van der Waals surface area contributed by atoms with Gasteiger partial charge in [0, 0.05) is 0 Å². The summed E-state index contributed by atoms with van der Waals surface area (Å²) in [7, 11) is 1.33. The van der Waals surface area contributed by atoms with Crippen molar-refractivity contribution in [2.24, 2.45) is 4.99 Å². The highest BCUT2D eigenvalue weighted by molar-refractivity contribution is 8.18. The van der Waals surface area contributed by atoms with Gasteiger partial charge in [-0.3, -0.25) is 4.79 Å². The number of benzene rings is 2. The highest BCUT2D eigenvalue weighted by atomic mass is 32.2. The van der Waals surface area contributed by atoms with E-state index in [2.05, 4.69) is 30.9 Å². The number of amides is 1. The number of aromatic nitrogens is 4. The summed E-state index contributed by atoms with van der Waals surface area (Å²) in [4.78, 5) is 16.5. The van der Waals surface area contributed by atoms with Crippen molar-refractivity contribution in [3.05, 3.63) is 63.8 Å². The van der Waals surface area contributed by atoms with Crippen molar-refractivity contribution in [2.75, 3.05) is 7.11 Å². The molecule has 14 heteroatoms. The monoisotopic (exact) mass is 501 g/mol. The van der Waals surface area contributed by atoms with E-state index in [-0.39, 0.29) is 23.6 Å². The van der Waals surface area contributed by atoms with Gasteiger partial charge in [0.25, 0.3) is 5.91 Å². The third-order valence-corrected chi connectivity index (χ3v) is 5.48. The molecule has 35 heavy (non-hydrogen) atoms. The number of aliphatic imine (C=N–C) groups is 1. The predicted octanol–water partition coefficient (Wildman–Crippen LogP) is 3.65. The number of alkyl halides is 3. The minimum Gasteiger partial charge on any atom is -0.493 e. The first-order valence-electron chi connectivity index (χ1n) is 9.73. The number of hydrogen-bond acceptors (Lipinski definition) is 9. The van der Waals surface area contributed by atoms with Crippen LogP contribution in [-0.4, -0.2) is 38.8 Å². The average Bonchev–Trinajstić information content (AvgIpc) is 3.48. The van der Waals surface area contributed by atoms with Gasteiger partial charge in [-0.25, -0.2) is 5.10 Å². The number of thioether (sulfide) groups is 1. The van der Waals surface area contributed by atoms with Crippen LogP contribution in [0.3, 0.4) is 0 Å². The number of nitrogens with one attached hydrogen (secondary N) is 2. The molecule has 0 fully saturated rings. The molecular formula is C21H14F3N7O3S. The molecule has 2 N–H and O–H groups in total. The molecule has 0 saturated carbocycles. The molecule has 1 amide bonds. The number of halogens is 3. The van der Waals surface area contributed by atoms with Crippen molar-refractivity contribution >= 4 is 28.9 Å². The van der Waals surface area contributed by atoms with Gasteiger partial charge < -0.3 is 14.8 Å². The lowest BCUT2D eigenvalue weighted by Gasteiger charge is -2.16. The molecule has 3 aromatic rings. The first-order chi connectivity index (χ1) is 16.8. The molecule has 0 bridgehead atoms. The molecule has 0 saturated heterocycles. The molecule has 0 unspecified atom stereocenters. The molecule has 2 heterocycles. The number of hydrogen-bond donors (Lipinski definition) is 2. The standard InChI is InChI=1S/C21H14F3N7O3S/c1-33-16-7-11(8-17-19(32)27-20(35-17)26-10-18-28-30-31-29-18)2-5-15(16)34-14-4-3-12(9-25)6-13(14)21(22,23)24/h2-8H,10H2,1H3,(H,26,27,32)(H,28,29,30,31)/b17-8+. The zero-order chi connectivity index (χ0) is 25.0. The number of aromatic amines is 1. The lowest BCUT2D eigenvalue weighted by molar-refractivity contribution is -0.138. The maximum atomic E-state index is 13.5. The Morgan fingerprint density at radius 2 is 2.00 bits per heavy atom. The van der Waals surface area contributed by atoms with Crippen LogP contribution in [0.25, 0.3) is 6.08 Å². The minimum absolute atomic E-state index is 0.0227. The number of H-pyrrole nitrogens is 1. The van der Waals surface area contributed by atoms with E-state index in [0.717, 1.165) is 17.8 Å². The smallest absolute Gasteiger partial charge is 0.420 e. The van der Waals surface area contributed by atoms with E-state index in [9.17, 15) is 18.0 Å². The van der Waals surface area contributed by atoms with E-state index in [1.54, 1.807) is 18.2 Å². The Kier molecular flexibility index (Phi) is 6.69. The van der Waals surface area contributed by atoms with Gasteiger partial charge in [0.1, 0.15) is 5.75 Å². The van der Waals surface area contributed by atoms with Crippen LogP contribution < -0.4 is 14.8 Å². The predicted molar refractivity (Wildman–Crippen MR) is 118 cm³/mol. The summed E-state index contributed by atoms with van der Waals surface area (Å²) >= 11 is 1.11. The Hall–Kier alpha value is -4.38. The van der Waals surface area contributed by atoms with Gasteiger partial charge in [0.15, 0.2) is 22.5 Å². The van der Waals surface area contributed by atoms with Crippen LogP contribution in [0.5, 0.6) is 17.2 Å². The van der Waals surface area contributed by atoms with E-state index in [4.69, 9.17) is 14.7 Å². The first-order valence-corrected chi connectivity index (χ1v) is 10.5. The van der Waals surface area contributed by atoms with Gasteiger partial charge in [-0.05, 0) is 64.2 Å². The van der Waals surface area contributed by atoms with Gasteiger partial charge in [0.2, 0.25) is 0 Å². The fourth-order valence-electron chi connectivity index (χ4n) is 2.94. The number of methoxy groups -OCH3 is 1. The second kappa shape index (κ2) is 9.85. The van der Waals surface area contributed by atoms with E-state index in [1.807, 2.05) is 0 Å². The summed E-state index contributed by atoms with van der Waals surface area (Å²) in [6, 6.07) is 9.18. The Labute approximate surface area is 199 Å². The number of nitrogens with zero attached hydrogens (tertiary/aromatic N) is 5. The van der Waals surface area contributed by atoms with Gasteiger partial charge in [0.05, 0.1) is 35.8 Å². The Balaban J connectivity index is 1.52. The maximum Gasteiger partial charge on any atom is 0.420 e. The van der Waals surface area contributed by atoms with Crippen LogP contribution in [0.4, 0.5) is 13.2 Å². The van der Waals surface area contributed by atoms with Crippen LogP contribution in [0, 0.1) is 11.3 Å². The number of ether oxygens (including phenoxy) is 2. The largest absolute Gasteiger partial charge is 0.493 e. The van der Waals surface area contributed by atoms with Gasteiger partial charge in [-0.1, -0.05) is 6.07 Å². The number of carbonyl (C=O) groups excluding carboxylic acids is 1. The molecule has 178 valence electrons. The summed E-state index contributed by atoms with van der Waals surface area (Å²) in [5.41, 5.74) is -0.696. The molecule has 1 aliphatic heterocycles. The molecular weight excluding hydrogens is 487 g/mol. The quantitative estimate of drug-likeness (QED) is 0.485. The summed E-state index contributed by atoms with van der Waals surface area (Å²) in [6.45, 7) is 0.245. The molecule has 0 atom stereocenters. The molecule has 1 aromatic heterocycles. The lowest BCUT2D eigenvalue weighted by Crippen LogP contribution is -2.19. The van der Waals surface area contributed by atoms with Crippen molar-refractivity contribution < 1.29 is 27.4 Å². The van der Waals surface area contributed by atoms with E-state index in [1.165, 1.54) is 25.3 Å². The third-order valence-electron chi connectivity index (χ3n) is 4.54. The lowest BCUT2D eigenvalue weighted by atomic mass is 10.1. The molecule has 1 aliphatic rings. The second-order valence-electron chi connectivity index (χ2n) is 6.87. The number of rotatable bonds is 6. The van der Waals surface area contributed by atoms with Gasteiger partial charge in [-0.2, -0.15) is 23.4 Å². The molecule has 10 nitrogen and oxygen atoms in total. The molecule has 2 aromatic carbocycles. The summed E-state index contributed by atoms with van der Waals surface area (Å²) in [5, 5.41) is 25.4. The summed E-state index contributed by atoms with van der Waals surface area (Å²) < 4.78 is 51.1. The van der Waals surface area contributed by atoms with Crippen LogP contribution in [0.1, 0.15) is 22.5 Å². The van der Waals surface area contributed by atoms with Gasteiger partial charge in [-0.15, -0.1) is 5.10 Å². The fraction of sp³-hybridized carbons (Fsp3) is 0.143. The number of nitriles is 1. The van der Waals surface area contributed by atoms with Crippen molar-refractivity contribution in [3.63, 3.8) is 0 Å². The van der Waals surface area contributed by atoms with Crippen molar-refractivity contribution in [2.45, 2.75) is 12.7 Å². The zero-order valence-electron chi connectivity index (χ0n) is 17.8. The summed E-state index contributed by atoms with van der Waals surface area (Å²) in [6.07, 6.45) is -3.16. The SMILES string of the molecule is COc1cc(/C=C2/SC(NCc3nnn[nH]3)=NC2=O)ccc1Oc1ccc(C#N)cc1C(F)(F)F. The molecule has 0 radical (unpaired) electrons. The zero-order valence-corrected chi connectivity index (χ0v) is 18.6. The Morgan fingerprint density at radius 1 is 1.20 bits per heavy atom. The molecule has 4 rings (SSSR count). The maximum absolute atomic E-state index is 13.5. The Morgan fingerprint density at radius 3 is 2.69 bits per heavy atom. The van der Waals surface area contributed by atoms with Crippen molar-refractivity contribution in [1.82, 2.24) is 25.9 Å². The first kappa shape index (κ1) is 23.8. The van der Waals surface area contributed by atoms with Crippen molar-refractivity contribution in [3.8, 4) is 23.3 Å². The van der Waals surface area contributed by atoms with Gasteiger partial charge >= 0.3 is 6.18 Å². The van der Waals surface area contributed by atoms with Crippen LogP contribution in [0.15, 0.2) is 46.3 Å². The average molecular weight is 501 g/mol. The molecule has 0 spiro atoms. The van der Waals surface area contributed by atoms with E-state index >= 15 is 0 Å². The second-order valence-corrected chi connectivity index (χ2v) is 7.90. The Bertz CT molecular complexity index is 1370. The highest BCUT2D eigenvalue weighted by Crippen LogP contribution is 2.41. The van der Waals surface area contributed by atoms with Crippen molar-refractivity contribution in [1.29, 1.82) is 5.26 Å². The van der Waals surface area contributed by atoms with Crippen LogP contribution in [-0.2, 0) is 17.5 Å². The van der Waals surface area contributed by atoms with Crippen LogP contribution >= 0.6 is 11.8 Å². The third kappa shape index (κ3) is 5.58. The van der Waals surface area contributed by atoms with Crippen LogP contribution in [0.2, 0.25) is 0 Å². The normalized spacial score (nSPS) is 14.5. The van der Waals surface area contributed by atoms with E-state index < -0.39 is 23.4 Å². The number of tetrazole rings is 1. The number of amidine groups is 1. The highest BCUT2D eigenvalue weighted by Gasteiger charge is 2.35. The topological polar surface area (TPSA) is 138 Å².